The van der Waals surface area contributed by atoms with E-state index < -0.39 is 6.10 Å². The van der Waals surface area contributed by atoms with Gasteiger partial charge in [0.25, 0.3) is 5.91 Å². The molecule has 1 aromatic carbocycles. The van der Waals surface area contributed by atoms with Crippen LogP contribution >= 0.6 is 11.3 Å². The predicted molar refractivity (Wildman–Crippen MR) is 106 cm³/mol. The van der Waals surface area contributed by atoms with E-state index >= 15 is 0 Å². The highest BCUT2D eigenvalue weighted by atomic mass is 32.1. The lowest BCUT2D eigenvalue weighted by Crippen LogP contribution is -2.56. The van der Waals surface area contributed by atoms with Crippen LogP contribution in [0.4, 0.5) is 4.79 Å². The lowest BCUT2D eigenvalue weighted by atomic mass is 10.2. The Morgan fingerprint density at radius 1 is 1.04 bits per heavy atom. The monoisotopic (exact) mass is 401 g/mol. The summed E-state index contributed by atoms with van der Waals surface area (Å²) in [7, 11) is 0. The highest BCUT2D eigenvalue weighted by Gasteiger charge is 2.33. The largest absolute Gasteiger partial charge is 0.485 e. The van der Waals surface area contributed by atoms with Gasteiger partial charge in [0.1, 0.15) is 6.61 Å². The molecule has 4 rings (SSSR count). The molecule has 1 N–H and O–H groups in total. The first-order valence-electron chi connectivity index (χ1n) is 9.43. The van der Waals surface area contributed by atoms with E-state index in [1.165, 1.54) is 4.88 Å². The van der Waals surface area contributed by atoms with Crippen LogP contribution in [-0.4, -0.2) is 67.2 Å². The van der Waals surface area contributed by atoms with Gasteiger partial charge in [-0.3, -0.25) is 4.79 Å². The average molecular weight is 401 g/mol. The first-order chi connectivity index (χ1) is 13.7. The Balaban J connectivity index is 1.22. The molecule has 8 heteroatoms. The van der Waals surface area contributed by atoms with Crippen molar-refractivity contribution in [2.75, 3.05) is 39.3 Å². The van der Waals surface area contributed by atoms with Crippen LogP contribution in [0, 0.1) is 0 Å². The SMILES string of the molecule is O=C(NCCc1cccs1)N1CCN(C(=O)C2COc3ccccc3O2)CC1. The van der Waals surface area contributed by atoms with Crippen molar-refractivity contribution in [3.63, 3.8) is 0 Å². The van der Waals surface area contributed by atoms with Gasteiger partial charge in [0.15, 0.2) is 11.5 Å². The molecule has 2 aliphatic rings. The summed E-state index contributed by atoms with van der Waals surface area (Å²) < 4.78 is 11.4. The van der Waals surface area contributed by atoms with Crippen LogP contribution in [0.25, 0.3) is 0 Å². The Morgan fingerprint density at radius 3 is 2.54 bits per heavy atom. The summed E-state index contributed by atoms with van der Waals surface area (Å²) >= 11 is 1.69. The van der Waals surface area contributed by atoms with E-state index in [1.807, 2.05) is 29.6 Å². The molecule has 2 aromatic rings. The zero-order valence-corrected chi connectivity index (χ0v) is 16.3. The van der Waals surface area contributed by atoms with Crippen molar-refractivity contribution < 1.29 is 19.1 Å². The lowest BCUT2D eigenvalue weighted by Gasteiger charge is -2.37. The second-order valence-corrected chi connectivity index (χ2v) is 7.77. The standard InChI is InChI=1S/C20H23N3O4S/c24-19(18-14-26-16-5-1-2-6-17(16)27-18)22-9-11-23(12-10-22)20(25)21-8-7-15-4-3-13-28-15/h1-6,13,18H,7-12,14H2,(H,21,25). The van der Waals surface area contributed by atoms with Crippen molar-refractivity contribution >= 4 is 23.3 Å². The number of ether oxygens (including phenoxy) is 2. The van der Waals surface area contributed by atoms with Crippen LogP contribution in [0.1, 0.15) is 4.88 Å². The van der Waals surface area contributed by atoms with Gasteiger partial charge >= 0.3 is 6.03 Å². The minimum Gasteiger partial charge on any atom is -0.485 e. The lowest BCUT2D eigenvalue weighted by molar-refractivity contribution is -0.142. The molecule has 1 atom stereocenters. The van der Waals surface area contributed by atoms with E-state index in [2.05, 4.69) is 11.4 Å². The molecule has 1 saturated heterocycles. The molecule has 1 unspecified atom stereocenters. The second-order valence-electron chi connectivity index (χ2n) is 6.74. The predicted octanol–water partition coefficient (Wildman–Crippen LogP) is 1.98. The van der Waals surface area contributed by atoms with E-state index in [4.69, 9.17) is 9.47 Å². The van der Waals surface area contributed by atoms with Gasteiger partial charge in [0, 0.05) is 37.6 Å². The molecule has 1 fully saturated rings. The summed E-state index contributed by atoms with van der Waals surface area (Å²) in [5.41, 5.74) is 0. The highest BCUT2D eigenvalue weighted by Crippen LogP contribution is 2.31. The van der Waals surface area contributed by atoms with E-state index in [1.54, 1.807) is 27.2 Å². The molecule has 148 valence electrons. The molecule has 0 aliphatic carbocycles. The summed E-state index contributed by atoms with van der Waals surface area (Å²) in [5.74, 6) is 1.17. The number of hydrogen-bond acceptors (Lipinski definition) is 5. The van der Waals surface area contributed by atoms with Gasteiger partial charge in [-0.25, -0.2) is 4.79 Å². The Morgan fingerprint density at radius 2 is 1.79 bits per heavy atom. The molecule has 0 radical (unpaired) electrons. The van der Waals surface area contributed by atoms with Crippen LogP contribution in [0.3, 0.4) is 0 Å². The van der Waals surface area contributed by atoms with Crippen molar-refractivity contribution in [3.8, 4) is 11.5 Å². The molecule has 0 bridgehead atoms. The fourth-order valence-corrected chi connectivity index (χ4v) is 4.04. The maximum Gasteiger partial charge on any atom is 0.317 e. The first-order valence-corrected chi connectivity index (χ1v) is 10.3. The van der Waals surface area contributed by atoms with Crippen molar-refractivity contribution in [1.82, 2.24) is 15.1 Å². The average Bonchev–Trinajstić information content (AvgIpc) is 3.26. The number of nitrogens with one attached hydrogen (secondary N) is 1. The molecule has 7 nitrogen and oxygen atoms in total. The number of fused-ring (bicyclic) bond motifs is 1. The highest BCUT2D eigenvalue weighted by molar-refractivity contribution is 7.09. The number of benzene rings is 1. The number of nitrogens with zero attached hydrogens (tertiary/aromatic N) is 2. The molecular formula is C20H23N3O4S. The minimum absolute atomic E-state index is 0.0742. The number of rotatable bonds is 4. The van der Waals surface area contributed by atoms with Crippen molar-refractivity contribution in [3.05, 3.63) is 46.7 Å². The molecule has 0 spiro atoms. The molecule has 28 heavy (non-hydrogen) atoms. The summed E-state index contributed by atoms with van der Waals surface area (Å²) in [6.07, 6.45) is 0.198. The number of urea groups is 1. The fraction of sp³-hybridized carbons (Fsp3) is 0.400. The summed E-state index contributed by atoms with van der Waals surface area (Å²) in [6.45, 7) is 2.85. The van der Waals surface area contributed by atoms with Crippen molar-refractivity contribution in [2.24, 2.45) is 0 Å². The molecule has 0 saturated carbocycles. The maximum atomic E-state index is 12.7. The fourth-order valence-electron chi connectivity index (χ4n) is 3.33. The van der Waals surface area contributed by atoms with Crippen LogP contribution in [0.5, 0.6) is 11.5 Å². The van der Waals surface area contributed by atoms with E-state index in [0.29, 0.717) is 44.2 Å². The number of thiophene rings is 1. The van der Waals surface area contributed by atoms with E-state index in [0.717, 1.165) is 6.42 Å². The van der Waals surface area contributed by atoms with Crippen LogP contribution < -0.4 is 14.8 Å². The van der Waals surface area contributed by atoms with Gasteiger partial charge in [0.2, 0.25) is 6.10 Å². The quantitative estimate of drug-likeness (QED) is 0.851. The van der Waals surface area contributed by atoms with E-state index in [-0.39, 0.29) is 18.5 Å². The summed E-state index contributed by atoms with van der Waals surface area (Å²) in [6, 6.07) is 11.3. The Hall–Kier alpha value is -2.74. The van der Waals surface area contributed by atoms with Gasteiger partial charge < -0.3 is 24.6 Å². The van der Waals surface area contributed by atoms with Crippen LogP contribution in [0.2, 0.25) is 0 Å². The molecule has 2 aliphatic heterocycles. The molecule has 1 aromatic heterocycles. The molecular weight excluding hydrogens is 378 g/mol. The number of piperazine rings is 1. The van der Waals surface area contributed by atoms with E-state index in [9.17, 15) is 9.59 Å². The number of carbonyl (C=O) groups is 2. The third-order valence-corrected chi connectivity index (χ3v) is 5.83. The number of carbonyl (C=O) groups excluding carboxylic acids is 2. The zero-order valence-electron chi connectivity index (χ0n) is 15.5. The third kappa shape index (κ3) is 4.22. The third-order valence-electron chi connectivity index (χ3n) is 4.89. The van der Waals surface area contributed by atoms with Crippen LogP contribution in [-0.2, 0) is 11.2 Å². The maximum absolute atomic E-state index is 12.7. The smallest absolute Gasteiger partial charge is 0.317 e. The van der Waals surface area contributed by atoms with Gasteiger partial charge in [-0.15, -0.1) is 11.3 Å². The van der Waals surface area contributed by atoms with Gasteiger partial charge in [-0.2, -0.15) is 0 Å². The Bertz CT molecular complexity index is 819. The van der Waals surface area contributed by atoms with Gasteiger partial charge in [0.05, 0.1) is 0 Å². The first kappa shape index (κ1) is 18.6. The molecule has 3 amide bonds. The summed E-state index contributed by atoms with van der Waals surface area (Å²) in [4.78, 5) is 29.8. The topological polar surface area (TPSA) is 71.1 Å². The molecule has 3 heterocycles. The number of hydrogen-bond donors (Lipinski definition) is 1. The van der Waals surface area contributed by atoms with Crippen LogP contribution in [0.15, 0.2) is 41.8 Å². The van der Waals surface area contributed by atoms with Crippen molar-refractivity contribution in [1.29, 1.82) is 0 Å². The summed E-state index contributed by atoms with van der Waals surface area (Å²) in [5, 5.41) is 4.99. The van der Waals surface area contributed by atoms with Gasteiger partial charge in [-0.05, 0) is 30.0 Å². The number of amides is 3. The Labute approximate surface area is 167 Å². The second kappa shape index (κ2) is 8.52. The minimum atomic E-state index is -0.638. The van der Waals surface area contributed by atoms with Crippen molar-refractivity contribution in [2.45, 2.75) is 12.5 Å². The zero-order chi connectivity index (χ0) is 19.3. The Kier molecular flexibility index (Phi) is 5.66. The van der Waals surface area contributed by atoms with Gasteiger partial charge in [-0.1, -0.05) is 18.2 Å². The number of para-hydroxylation sites is 2. The normalized spacial score (nSPS) is 18.6.